The van der Waals surface area contributed by atoms with Gasteiger partial charge in [0, 0.05) is 47.5 Å². The first kappa shape index (κ1) is 19.5. The fraction of sp³-hybridized carbons (Fsp3) is 0.375. The highest BCUT2D eigenvalue weighted by atomic mass is 79.9. The van der Waals surface area contributed by atoms with Gasteiger partial charge >= 0.3 is 0 Å². The molecule has 154 valence electrons. The van der Waals surface area contributed by atoms with Crippen molar-refractivity contribution in [2.45, 2.75) is 38.1 Å². The van der Waals surface area contributed by atoms with Crippen LogP contribution in [0.3, 0.4) is 0 Å². The predicted octanol–water partition coefficient (Wildman–Crippen LogP) is 5.04. The lowest BCUT2D eigenvalue weighted by Gasteiger charge is -2.26. The second-order valence-corrected chi connectivity index (χ2v) is 9.08. The van der Waals surface area contributed by atoms with Crippen LogP contribution in [0.1, 0.15) is 32.1 Å². The van der Waals surface area contributed by atoms with Crippen molar-refractivity contribution in [1.82, 2.24) is 14.9 Å². The fourth-order valence-electron chi connectivity index (χ4n) is 4.22. The van der Waals surface area contributed by atoms with Gasteiger partial charge in [-0.3, -0.25) is 4.79 Å². The van der Waals surface area contributed by atoms with Crippen molar-refractivity contribution in [3.63, 3.8) is 0 Å². The van der Waals surface area contributed by atoms with Gasteiger partial charge in [-0.25, -0.2) is 9.97 Å². The van der Waals surface area contributed by atoms with E-state index >= 15 is 0 Å². The Balaban J connectivity index is 1.51. The van der Waals surface area contributed by atoms with E-state index in [-0.39, 0.29) is 5.91 Å². The summed E-state index contributed by atoms with van der Waals surface area (Å²) in [6.07, 6.45) is 5.11. The second kappa shape index (κ2) is 8.34. The highest BCUT2D eigenvalue weighted by molar-refractivity contribution is 9.10. The molecule has 0 spiro atoms. The van der Waals surface area contributed by atoms with Crippen LogP contribution in [-0.2, 0) is 4.79 Å². The highest BCUT2D eigenvalue weighted by Gasteiger charge is 2.32. The summed E-state index contributed by atoms with van der Waals surface area (Å²) < 4.78 is 1.01. The quantitative estimate of drug-likeness (QED) is 0.512. The molecule has 3 aromatic rings. The molecular weight excluding hydrogens is 440 g/mol. The van der Waals surface area contributed by atoms with Crippen molar-refractivity contribution in [3.05, 3.63) is 53.0 Å². The van der Waals surface area contributed by atoms with E-state index < -0.39 is 0 Å². The summed E-state index contributed by atoms with van der Waals surface area (Å²) in [6.45, 7) is 2.52. The Morgan fingerprint density at radius 2 is 1.87 bits per heavy atom. The molecule has 1 amide bonds. The van der Waals surface area contributed by atoms with Crippen molar-refractivity contribution in [2.24, 2.45) is 0 Å². The third kappa shape index (κ3) is 4.06. The normalized spacial score (nSPS) is 16.2. The third-order valence-corrected chi connectivity index (χ3v) is 6.44. The Hall–Kier alpha value is -2.47. The molecule has 1 saturated carbocycles. The van der Waals surface area contributed by atoms with Crippen LogP contribution in [0, 0.1) is 0 Å². The molecule has 0 bridgehead atoms. The topological polar surface area (TPSA) is 49.3 Å². The zero-order chi connectivity index (χ0) is 20.5. The van der Waals surface area contributed by atoms with Crippen LogP contribution in [0.4, 0.5) is 5.82 Å². The van der Waals surface area contributed by atoms with E-state index in [9.17, 15) is 4.79 Å². The van der Waals surface area contributed by atoms with Crippen LogP contribution in [0.25, 0.3) is 22.3 Å². The number of hydrogen-bond donors (Lipinski definition) is 0. The van der Waals surface area contributed by atoms with Crippen LogP contribution in [-0.4, -0.2) is 46.5 Å². The third-order valence-electron chi connectivity index (χ3n) is 5.95. The molecule has 6 heteroatoms. The standard InChI is InChI=1S/C24H25BrN4O/c25-18-7-5-6-17(16-18)23-26-21-9-2-1-8-20(21)24(27-23)29(19-10-11-19)15-12-22(30)28-13-3-4-14-28/h1-2,5-9,16,19H,3-4,10-15H2. The molecule has 0 atom stereocenters. The van der Waals surface area contributed by atoms with Gasteiger partial charge in [0.2, 0.25) is 5.91 Å². The van der Waals surface area contributed by atoms with Gasteiger partial charge in [0.05, 0.1) is 5.52 Å². The molecule has 1 aliphatic heterocycles. The molecular formula is C24H25BrN4O. The number of rotatable bonds is 6. The Morgan fingerprint density at radius 1 is 1.07 bits per heavy atom. The van der Waals surface area contributed by atoms with Gasteiger partial charge in [-0.05, 0) is 49.9 Å². The van der Waals surface area contributed by atoms with Crippen molar-refractivity contribution >= 4 is 38.6 Å². The molecule has 30 heavy (non-hydrogen) atoms. The van der Waals surface area contributed by atoms with Crippen LogP contribution < -0.4 is 4.90 Å². The Kier molecular flexibility index (Phi) is 5.42. The summed E-state index contributed by atoms with van der Waals surface area (Å²) in [5.74, 6) is 1.94. The molecule has 0 radical (unpaired) electrons. The zero-order valence-corrected chi connectivity index (χ0v) is 18.5. The minimum absolute atomic E-state index is 0.267. The predicted molar refractivity (Wildman–Crippen MR) is 123 cm³/mol. The number of fused-ring (bicyclic) bond motifs is 1. The lowest BCUT2D eigenvalue weighted by Crippen LogP contribution is -2.34. The number of carbonyl (C=O) groups is 1. The van der Waals surface area contributed by atoms with Crippen LogP contribution in [0.15, 0.2) is 53.0 Å². The first-order valence-corrected chi connectivity index (χ1v) is 11.6. The van der Waals surface area contributed by atoms with E-state index in [2.05, 4.69) is 26.9 Å². The summed E-state index contributed by atoms with van der Waals surface area (Å²) in [6, 6.07) is 16.7. The number of amides is 1. The lowest BCUT2D eigenvalue weighted by molar-refractivity contribution is -0.129. The maximum atomic E-state index is 12.7. The number of likely N-dealkylation sites (tertiary alicyclic amines) is 1. The van der Waals surface area contributed by atoms with E-state index in [4.69, 9.17) is 9.97 Å². The van der Waals surface area contributed by atoms with Gasteiger partial charge in [-0.2, -0.15) is 0 Å². The minimum atomic E-state index is 0.267. The maximum absolute atomic E-state index is 12.7. The zero-order valence-electron chi connectivity index (χ0n) is 16.9. The van der Waals surface area contributed by atoms with Gasteiger partial charge < -0.3 is 9.80 Å². The van der Waals surface area contributed by atoms with E-state index in [0.29, 0.717) is 19.0 Å². The maximum Gasteiger partial charge on any atom is 0.224 e. The Labute approximate surface area is 185 Å². The van der Waals surface area contributed by atoms with Gasteiger partial charge in [-0.1, -0.05) is 40.2 Å². The number of aromatic nitrogens is 2. The first-order chi connectivity index (χ1) is 14.7. The van der Waals surface area contributed by atoms with E-state index in [0.717, 1.165) is 71.4 Å². The smallest absolute Gasteiger partial charge is 0.224 e. The number of carbonyl (C=O) groups excluding carboxylic acids is 1. The molecule has 0 N–H and O–H groups in total. The lowest BCUT2D eigenvalue weighted by atomic mass is 10.1. The molecule has 1 saturated heterocycles. The van der Waals surface area contributed by atoms with E-state index in [1.54, 1.807) is 0 Å². The van der Waals surface area contributed by atoms with Crippen LogP contribution in [0.5, 0.6) is 0 Å². The number of hydrogen-bond acceptors (Lipinski definition) is 4. The van der Waals surface area contributed by atoms with Crippen LogP contribution >= 0.6 is 15.9 Å². The molecule has 5 rings (SSSR count). The summed E-state index contributed by atoms with van der Waals surface area (Å²) >= 11 is 3.55. The van der Waals surface area contributed by atoms with Crippen molar-refractivity contribution in [2.75, 3.05) is 24.5 Å². The fourth-order valence-corrected chi connectivity index (χ4v) is 4.62. The van der Waals surface area contributed by atoms with Gasteiger partial charge in [0.1, 0.15) is 5.82 Å². The van der Waals surface area contributed by atoms with E-state index in [1.165, 1.54) is 0 Å². The molecule has 2 heterocycles. The average molecular weight is 465 g/mol. The van der Waals surface area contributed by atoms with Gasteiger partial charge in [0.15, 0.2) is 5.82 Å². The van der Waals surface area contributed by atoms with E-state index in [1.807, 2.05) is 47.4 Å². The average Bonchev–Trinajstić information content (AvgIpc) is 3.45. The molecule has 0 unspecified atom stereocenters. The number of para-hydroxylation sites is 1. The molecule has 1 aromatic heterocycles. The SMILES string of the molecule is O=C(CCN(c1nc(-c2cccc(Br)c2)nc2ccccc12)C1CC1)N1CCCC1. The summed E-state index contributed by atoms with van der Waals surface area (Å²) in [5.41, 5.74) is 1.93. The van der Waals surface area contributed by atoms with Gasteiger partial charge in [-0.15, -0.1) is 0 Å². The number of benzene rings is 2. The number of anilines is 1. The second-order valence-electron chi connectivity index (χ2n) is 8.16. The van der Waals surface area contributed by atoms with Crippen molar-refractivity contribution in [3.8, 4) is 11.4 Å². The molecule has 1 aliphatic carbocycles. The summed E-state index contributed by atoms with van der Waals surface area (Å²) in [4.78, 5) is 26.9. The largest absolute Gasteiger partial charge is 0.352 e. The molecule has 5 nitrogen and oxygen atoms in total. The molecule has 2 aromatic carbocycles. The van der Waals surface area contributed by atoms with Crippen molar-refractivity contribution < 1.29 is 4.79 Å². The minimum Gasteiger partial charge on any atom is -0.352 e. The molecule has 2 fully saturated rings. The summed E-state index contributed by atoms with van der Waals surface area (Å²) in [7, 11) is 0. The monoisotopic (exact) mass is 464 g/mol. The highest BCUT2D eigenvalue weighted by Crippen LogP contribution is 2.36. The van der Waals surface area contributed by atoms with Crippen molar-refractivity contribution in [1.29, 1.82) is 0 Å². The Bertz CT molecular complexity index is 1080. The Morgan fingerprint density at radius 3 is 2.63 bits per heavy atom. The summed E-state index contributed by atoms with van der Waals surface area (Å²) in [5, 5.41) is 1.05. The number of halogens is 1. The first-order valence-electron chi connectivity index (χ1n) is 10.8. The molecule has 2 aliphatic rings. The number of nitrogens with zero attached hydrogens (tertiary/aromatic N) is 4. The van der Waals surface area contributed by atoms with Crippen LogP contribution in [0.2, 0.25) is 0 Å². The van der Waals surface area contributed by atoms with Gasteiger partial charge in [0.25, 0.3) is 0 Å².